The molecular weight excluding hydrogens is 302 g/mol. The topological polar surface area (TPSA) is 48.4 Å². The predicted octanol–water partition coefficient (Wildman–Crippen LogP) is 3.25. The SMILES string of the molecule is COc1ccccc1-c1cc(CCCl)ncc1CCOC=O. The highest BCUT2D eigenvalue weighted by Crippen LogP contribution is 2.32. The molecule has 1 aromatic carbocycles. The van der Waals surface area contributed by atoms with E-state index in [2.05, 4.69) is 4.98 Å². The van der Waals surface area contributed by atoms with Crippen molar-refractivity contribution < 1.29 is 14.3 Å². The van der Waals surface area contributed by atoms with Crippen LogP contribution in [-0.4, -0.2) is 31.1 Å². The number of hydrogen-bond donors (Lipinski definition) is 0. The lowest BCUT2D eigenvalue weighted by molar-refractivity contribution is -0.128. The number of pyridine rings is 1. The summed E-state index contributed by atoms with van der Waals surface area (Å²) in [6.07, 6.45) is 3.12. The van der Waals surface area contributed by atoms with Gasteiger partial charge >= 0.3 is 0 Å². The number of benzene rings is 1. The van der Waals surface area contributed by atoms with Gasteiger partial charge in [0.25, 0.3) is 6.47 Å². The van der Waals surface area contributed by atoms with Gasteiger partial charge in [0, 0.05) is 36.2 Å². The maximum atomic E-state index is 10.3. The zero-order valence-corrected chi connectivity index (χ0v) is 13.2. The first-order chi connectivity index (χ1) is 10.8. The molecule has 0 saturated carbocycles. The molecule has 0 unspecified atom stereocenters. The van der Waals surface area contributed by atoms with E-state index >= 15 is 0 Å². The summed E-state index contributed by atoms with van der Waals surface area (Å²) in [5, 5.41) is 0. The summed E-state index contributed by atoms with van der Waals surface area (Å²) in [7, 11) is 1.65. The van der Waals surface area contributed by atoms with Crippen LogP contribution in [0.15, 0.2) is 36.5 Å². The third-order valence-electron chi connectivity index (χ3n) is 3.35. The Morgan fingerprint density at radius 1 is 1.23 bits per heavy atom. The van der Waals surface area contributed by atoms with Crippen LogP contribution in [-0.2, 0) is 22.4 Å². The van der Waals surface area contributed by atoms with Crippen LogP contribution >= 0.6 is 11.6 Å². The Hall–Kier alpha value is -2.07. The highest BCUT2D eigenvalue weighted by atomic mass is 35.5. The molecule has 5 heteroatoms. The van der Waals surface area contributed by atoms with Crippen molar-refractivity contribution in [2.45, 2.75) is 12.8 Å². The molecular formula is C17H18ClNO3. The second-order valence-electron chi connectivity index (χ2n) is 4.69. The second-order valence-corrected chi connectivity index (χ2v) is 5.07. The molecule has 22 heavy (non-hydrogen) atoms. The number of aryl methyl sites for hydroxylation is 1. The smallest absolute Gasteiger partial charge is 0.293 e. The molecule has 0 spiro atoms. The highest BCUT2D eigenvalue weighted by molar-refractivity contribution is 6.17. The number of rotatable bonds is 8. The van der Waals surface area contributed by atoms with Crippen molar-refractivity contribution in [2.75, 3.05) is 19.6 Å². The number of aromatic nitrogens is 1. The van der Waals surface area contributed by atoms with Crippen molar-refractivity contribution in [3.63, 3.8) is 0 Å². The van der Waals surface area contributed by atoms with E-state index < -0.39 is 0 Å². The first-order valence-electron chi connectivity index (χ1n) is 7.02. The van der Waals surface area contributed by atoms with Crippen molar-refractivity contribution in [1.29, 1.82) is 0 Å². The van der Waals surface area contributed by atoms with Crippen LogP contribution in [0.2, 0.25) is 0 Å². The van der Waals surface area contributed by atoms with E-state index in [9.17, 15) is 4.79 Å². The second kappa shape index (κ2) is 8.39. The normalized spacial score (nSPS) is 10.3. The molecule has 0 aliphatic rings. The summed E-state index contributed by atoms with van der Waals surface area (Å²) in [5.74, 6) is 1.31. The lowest BCUT2D eigenvalue weighted by Crippen LogP contribution is -2.02. The Morgan fingerprint density at radius 3 is 2.77 bits per heavy atom. The van der Waals surface area contributed by atoms with Crippen molar-refractivity contribution >= 4 is 18.1 Å². The molecule has 0 fully saturated rings. The van der Waals surface area contributed by atoms with E-state index in [1.807, 2.05) is 36.5 Å². The maximum Gasteiger partial charge on any atom is 0.293 e. The minimum atomic E-state index is 0.322. The van der Waals surface area contributed by atoms with E-state index in [0.717, 1.165) is 28.1 Å². The molecule has 0 atom stereocenters. The number of hydrogen-bond acceptors (Lipinski definition) is 4. The molecule has 0 amide bonds. The number of halogens is 1. The van der Waals surface area contributed by atoms with Crippen molar-refractivity contribution in [1.82, 2.24) is 4.98 Å². The summed E-state index contributed by atoms with van der Waals surface area (Å²) in [6.45, 7) is 0.778. The van der Waals surface area contributed by atoms with Gasteiger partial charge in [-0.15, -0.1) is 11.6 Å². The number of alkyl halides is 1. The van der Waals surface area contributed by atoms with Gasteiger partial charge in [-0.1, -0.05) is 18.2 Å². The minimum Gasteiger partial charge on any atom is -0.496 e. The molecule has 0 saturated heterocycles. The van der Waals surface area contributed by atoms with Gasteiger partial charge in [0.05, 0.1) is 13.7 Å². The number of nitrogens with zero attached hydrogens (tertiary/aromatic N) is 1. The third-order valence-corrected chi connectivity index (χ3v) is 3.54. The Balaban J connectivity index is 2.43. The number of methoxy groups -OCH3 is 1. The zero-order chi connectivity index (χ0) is 15.8. The van der Waals surface area contributed by atoms with Crippen molar-refractivity contribution in [3.05, 3.63) is 47.8 Å². The van der Waals surface area contributed by atoms with Gasteiger partial charge in [0.15, 0.2) is 0 Å². The van der Waals surface area contributed by atoms with E-state index in [4.69, 9.17) is 21.1 Å². The fourth-order valence-corrected chi connectivity index (χ4v) is 2.49. The maximum absolute atomic E-state index is 10.3. The van der Waals surface area contributed by atoms with Crippen LogP contribution in [0.5, 0.6) is 5.75 Å². The molecule has 116 valence electrons. The average Bonchev–Trinajstić information content (AvgIpc) is 2.56. The molecule has 0 bridgehead atoms. The lowest BCUT2D eigenvalue weighted by atomic mass is 9.97. The van der Waals surface area contributed by atoms with Crippen LogP contribution < -0.4 is 4.74 Å². The van der Waals surface area contributed by atoms with Crippen molar-refractivity contribution in [3.8, 4) is 16.9 Å². The summed E-state index contributed by atoms with van der Waals surface area (Å²) >= 11 is 5.81. The third kappa shape index (κ3) is 3.98. The molecule has 2 aromatic rings. The molecule has 0 N–H and O–H groups in total. The first kappa shape index (κ1) is 16.3. The van der Waals surface area contributed by atoms with Gasteiger partial charge < -0.3 is 9.47 Å². The Morgan fingerprint density at radius 2 is 2.05 bits per heavy atom. The minimum absolute atomic E-state index is 0.322. The first-order valence-corrected chi connectivity index (χ1v) is 7.56. The van der Waals surface area contributed by atoms with Crippen LogP contribution in [0, 0.1) is 0 Å². The lowest BCUT2D eigenvalue weighted by Gasteiger charge is -2.14. The summed E-state index contributed by atoms with van der Waals surface area (Å²) in [6, 6.07) is 9.84. The van der Waals surface area contributed by atoms with E-state index in [-0.39, 0.29) is 0 Å². The van der Waals surface area contributed by atoms with E-state index in [1.54, 1.807) is 7.11 Å². The standard InChI is InChI=1S/C17H18ClNO3/c1-21-17-5-3-2-4-15(17)16-10-14(6-8-18)19-11-13(16)7-9-22-12-20/h2-5,10-12H,6-9H2,1H3. The average molecular weight is 320 g/mol. The van der Waals surface area contributed by atoms with Gasteiger partial charge in [0.1, 0.15) is 5.75 Å². The van der Waals surface area contributed by atoms with Crippen molar-refractivity contribution in [2.24, 2.45) is 0 Å². The number of para-hydroxylation sites is 1. The molecule has 0 aliphatic heterocycles. The Labute approximate surface area is 135 Å². The molecule has 2 rings (SSSR count). The van der Waals surface area contributed by atoms with E-state index in [0.29, 0.717) is 31.8 Å². The molecule has 4 nitrogen and oxygen atoms in total. The molecule has 1 aromatic heterocycles. The molecule has 1 heterocycles. The van der Waals surface area contributed by atoms with Crippen LogP contribution in [0.1, 0.15) is 11.3 Å². The molecule has 0 aliphatic carbocycles. The summed E-state index contributed by atoms with van der Waals surface area (Å²) < 4.78 is 10.2. The number of carbonyl (C=O) groups is 1. The predicted molar refractivity (Wildman–Crippen MR) is 86.4 cm³/mol. The van der Waals surface area contributed by atoms with Crippen LogP contribution in [0.25, 0.3) is 11.1 Å². The number of carbonyl (C=O) groups excluding carboxylic acids is 1. The Bertz CT molecular complexity index is 631. The van der Waals surface area contributed by atoms with Crippen LogP contribution in [0.4, 0.5) is 0 Å². The fraction of sp³-hybridized carbons (Fsp3) is 0.294. The Kier molecular flexibility index (Phi) is 6.22. The largest absolute Gasteiger partial charge is 0.496 e. The summed E-state index contributed by atoms with van der Waals surface area (Å²) in [4.78, 5) is 14.7. The van der Waals surface area contributed by atoms with Gasteiger partial charge in [0.2, 0.25) is 0 Å². The van der Waals surface area contributed by atoms with Gasteiger partial charge in [-0.25, -0.2) is 0 Å². The number of ether oxygens (including phenoxy) is 2. The van der Waals surface area contributed by atoms with E-state index in [1.165, 1.54) is 0 Å². The highest BCUT2D eigenvalue weighted by Gasteiger charge is 2.12. The van der Waals surface area contributed by atoms with Crippen LogP contribution in [0.3, 0.4) is 0 Å². The zero-order valence-electron chi connectivity index (χ0n) is 12.4. The summed E-state index contributed by atoms with van der Waals surface area (Å²) in [5.41, 5.74) is 3.95. The monoisotopic (exact) mass is 319 g/mol. The van der Waals surface area contributed by atoms with Gasteiger partial charge in [-0.05, 0) is 23.3 Å². The molecule has 0 radical (unpaired) electrons. The van der Waals surface area contributed by atoms with Gasteiger partial charge in [-0.2, -0.15) is 0 Å². The quantitative estimate of drug-likeness (QED) is 0.426. The van der Waals surface area contributed by atoms with Gasteiger partial charge in [-0.3, -0.25) is 9.78 Å². The fourth-order valence-electron chi connectivity index (χ4n) is 2.29.